The van der Waals surface area contributed by atoms with E-state index in [2.05, 4.69) is 16.0 Å². The van der Waals surface area contributed by atoms with E-state index in [9.17, 15) is 4.79 Å². The number of rotatable bonds is 3. The minimum Gasteiger partial charge on any atom is -0.375 e. The normalized spacial score (nSPS) is 24.6. The zero-order chi connectivity index (χ0) is 17.1. The summed E-state index contributed by atoms with van der Waals surface area (Å²) in [7, 11) is 0. The van der Waals surface area contributed by atoms with Gasteiger partial charge in [0.2, 0.25) is 0 Å². The molecular weight excluding hydrogens is 334 g/mol. The van der Waals surface area contributed by atoms with Crippen molar-refractivity contribution in [3.63, 3.8) is 0 Å². The maximum atomic E-state index is 12.7. The Labute approximate surface area is 152 Å². The van der Waals surface area contributed by atoms with Gasteiger partial charge in [-0.15, -0.1) is 0 Å². The third-order valence-corrected chi connectivity index (χ3v) is 5.80. The first-order chi connectivity index (χ1) is 12.3. The molecule has 2 aliphatic rings. The Bertz CT molecular complexity index is 692. The second kappa shape index (κ2) is 7.64. The molecule has 2 aromatic rings. The number of likely N-dealkylation sites (tertiary alicyclic amines) is 1. The summed E-state index contributed by atoms with van der Waals surface area (Å²) in [6.07, 6.45) is 5.02. The van der Waals surface area contributed by atoms with Crippen LogP contribution >= 0.6 is 11.3 Å². The summed E-state index contributed by atoms with van der Waals surface area (Å²) in [5, 5.41) is 3.89. The van der Waals surface area contributed by atoms with Crippen molar-refractivity contribution in [3.8, 4) is 0 Å². The fraction of sp³-hybridized carbons (Fsp3) is 0.474. The topological polar surface area (TPSA) is 45.7 Å². The number of hydrogen-bond donors (Lipinski definition) is 0. The predicted molar refractivity (Wildman–Crippen MR) is 97.6 cm³/mol. The lowest BCUT2D eigenvalue weighted by Gasteiger charge is -2.38. The van der Waals surface area contributed by atoms with E-state index < -0.39 is 0 Å². The summed E-state index contributed by atoms with van der Waals surface area (Å²) >= 11 is 1.57. The van der Waals surface area contributed by atoms with Gasteiger partial charge in [-0.1, -0.05) is 6.07 Å². The van der Waals surface area contributed by atoms with Crippen molar-refractivity contribution in [1.82, 2.24) is 14.8 Å². The van der Waals surface area contributed by atoms with Gasteiger partial charge in [-0.3, -0.25) is 14.7 Å². The van der Waals surface area contributed by atoms with Gasteiger partial charge in [0.05, 0.1) is 18.3 Å². The highest BCUT2D eigenvalue weighted by Crippen LogP contribution is 2.26. The Hall–Kier alpha value is -1.76. The number of carbonyl (C=O) groups is 1. The minimum absolute atomic E-state index is 0.142. The average molecular weight is 357 g/mol. The van der Waals surface area contributed by atoms with Gasteiger partial charge in [-0.25, -0.2) is 0 Å². The molecule has 4 heterocycles. The number of thiophene rings is 1. The molecule has 0 unspecified atom stereocenters. The lowest BCUT2D eigenvalue weighted by atomic mass is 9.93. The maximum absolute atomic E-state index is 12.7. The van der Waals surface area contributed by atoms with E-state index >= 15 is 0 Å². The summed E-state index contributed by atoms with van der Waals surface area (Å²) in [6.45, 7) is 5.00. The number of fused-ring (bicyclic) bond motifs is 1. The van der Waals surface area contributed by atoms with E-state index in [4.69, 9.17) is 4.74 Å². The second-order valence-electron chi connectivity index (χ2n) is 6.82. The van der Waals surface area contributed by atoms with Gasteiger partial charge in [0.15, 0.2) is 0 Å². The molecule has 0 N–H and O–H groups in total. The van der Waals surface area contributed by atoms with Gasteiger partial charge in [0.25, 0.3) is 5.91 Å². The van der Waals surface area contributed by atoms with Crippen LogP contribution in [0, 0.1) is 5.92 Å². The van der Waals surface area contributed by atoms with Crippen LogP contribution in [0.1, 0.15) is 22.3 Å². The molecule has 0 saturated carbocycles. The number of pyridine rings is 1. The Balaban J connectivity index is 1.38. The van der Waals surface area contributed by atoms with Crippen LogP contribution in [-0.2, 0) is 11.3 Å². The van der Waals surface area contributed by atoms with Crippen LogP contribution < -0.4 is 0 Å². The van der Waals surface area contributed by atoms with E-state index in [0.717, 1.165) is 38.2 Å². The van der Waals surface area contributed by atoms with E-state index in [0.29, 0.717) is 19.1 Å². The molecule has 6 heteroatoms. The Morgan fingerprint density at radius 1 is 1.32 bits per heavy atom. The predicted octanol–water partition coefficient (Wildman–Crippen LogP) is 2.51. The smallest absolute Gasteiger partial charge is 0.254 e. The molecule has 0 radical (unpaired) electrons. The van der Waals surface area contributed by atoms with E-state index in [1.54, 1.807) is 11.3 Å². The Morgan fingerprint density at radius 3 is 3.08 bits per heavy atom. The molecule has 0 aliphatic carbocycles. The van der Waals surface area contributed by atoms with E-state index in [-0.39, 0.29) is 12.0 Å². The number of amides is 1. The molecule has 132 valence electrons. The highest BCUT2D eigenvalue weighted by molar-refractivity contribution is 7.08. The average Bonchev–Trinajstić information content (AvgIpc) is 3.09. The van der Waals surface area contributed by atoms with Crippen LogP contribution in [0.15, 0.2) is 41.4 Å². The van der Waals surface area contributed by atoms with Crippen molar-refractivity contribution < 1.29 is 9.53 Å². The standard InChI is InChI=1S/C19H23N3O2S/c23-19(17-4-9-25-14-17)22-7-8-24-18-13-21(6-3-16(18)12-22)11-15-2-1-5-20-10-15/h1-2,4-5,9-10,14,16,18H,3,6-8,11-13H2/t16-,18-/m1/s1. The molecule has 2 saturated heterocycles. The number of carbonyl (C=O) groups excluding carboxylic acids is 1. The number of hydrogen-bond acceptors (Lipinski definition) is 5. The third-order valence-electron chi connectivity index (χ3n) is 5.11. The molecule has 2 aliphatic heterocycles. The van der Waals surface area contributed by atoms with Gasteiger partial charge in [0.1, 0.15) is 0 Å². The molecule has 0 aromatic carbocycles. The van der Waals surface area contributed by atoms with Crippen molar-refractivity contribution >= 4 is 17.2 Å². The van der Waals surface area contributed by atoms with Gasteiger partial charge < -0.3 is 9.64 Å². The maximum Gasteiger partial charge on any atom is 0.254 e. The lowest BCUT2D eigenvalue weighted by molar-refractivity contribution is -0.0241. The second-order valence-corrected chi connectivity index (χ2v) is 7.60. The summed E-state index contributed by atoms with van der Waals surface area (Å²) in [6, 6.07) is 6.01. The van der Waals surface area contributed by atoms with Gasteiger partial charge in [-0.2, -0.15) is 11.3 Å². The van der Waals surface area contributed by atoms with Crippen molar-refractivity contribution in [3.05, 3.63) is 52.5 Å². The molecule has 0 bridgehead atoms. The zero-order valence-electron chi connectivity index (χ0n) is 14.2. The lowest BCUT2D eigenvalue weighted by Crippen LogP contribution is -2.47. The molecular formula is C19H23N3O2S. The molecule has 2 atom stereocenters. The highest BCUT2D eigenvalue weighted by Gasteiger charge is 2.34. The Morgan fingerprint density at radius 2 is 2.28 bits per heavy atom. The van der Waals surface area contributed by atoms with E-state index in [1.165, 1.54) is 5.56 Å². The van der Waals surface area contributed by atoms with Crippen molar-refractivity contribution in [2.75, 3.05) is 32.8 Å². The van der Waals surface area contributed by atoms with Crippen LogP contribution in [-0.4, -0.2) is 59.6 Å². The van der Waals surface area contributed by atoms with Gasteiger partial charge in [0, 0.05) is 49.9 Å². The third kappa shape index (κ3) is 3.92. The molecule has 2 aromatic heterocycles. The quantitative estimate of drug-likeness (QED) is 0.847. The zero-order valence-corrected chi connectivity index (χ0v) is 15.0. The van der Waals surface area contributed by atoms with Crippen LogP contribution in [0.2, 0.25) is 0 Å². The van der Waals surface area contributed by atoms with Crippen molar-refractivity contribution in [2.24, 2.45) is 5.92 Å². The van der Waals surface area contributed by atoms with Gasteiger partial charge >= 0.3 is 0 Å². The number of nitrogens with zero attached hydrogens (tertiary/aromatic N) is 3. The largest absolute Gasteiger partial charge is 0.375 e. The molecule has 25 heavy (non-hydrogen) atoms. The molecule has 4 rings (SSSR count). The first-order valence-electron chi connectivity index (χ1n) is 8.84. The monoisotopic (exact) mass is 357 g/mol. The number of ether oxygens (including phenoxy) is 1. The fourth-order valence-electron chi connectivity index (χ4n) is 3.76. The van der Waals surface area contributed by atoms with Crippen molar-refractivity contribution in [2.45, 2.75) is 19.1 Å². The first kappa shape index (κ1) is 16.7. The molecule has 1 amide bonds. The molecule has 2 fully saturated rings. The van der Waals surface area contributed by atoms with Crippen LogP contribution in [0.3, 0.4) is 0 Å². The Kier molecular flexibility index (Phi) is 5.10. The fourth-order valence-corrected chi connectivity index (χ4v) is 4.39. The van der Waals surface area contributed by atoms with Crippen LogP contribution in [0.25, 0.3) is 0 Å². The first-order valence-corrected chi connectivity index (χ1v) is 9.78. The minimum atomic E-state index is 0.142. The molecule has 0 spiro atoms. The molecule has 5 nitrogen and oxygen atoms in total. The van der Waals surface area contributed by atoms with E-state index in [1.807, 2.05) is 40.2 Å². The SMILES string of the molecule is O=C(c1ccsc1)N1CCO[C@@H]2CN(Cc3cccnc3)CC[C@@H]2C1. The van der Waals surface area contributed by atoms with Crippen molar-refractivity contribution in [1.29, 1.82) is 0 Å². The summed E-state index contributed by atoms with van der Waals surface area (Å²) < 4.78 is 6.12. The van der Waals surface area contributed by atoms with Crippen LogP contribution in [0.4, 0.5) is 0 Å². The van der Waals surface area contributed by atoms with Gasteiger partial charge in [-0.05, 0) is 36.0 Å². The highest BCUT2D eigenvalue weighted by atomic mass is 32.1. The summed E-state index contributed by atoms with van der Waals surface area (Å²) in [5.41, 5.74) is 2.04. The number of aromatic nitrogens is 1. The summed E-state index contributed by atoms with van der Waals surface area (Å²) in [5.74, 6) is 0.568. The summed E-state index contributed by atoms with van der Waals surface area (Å²) in [4.78, 5) is 21.3. The van der Waals surface area contributed by atoms with Crippen LogP contribution in [0.5, 0.6) is 0 Å². The number of piperidine rings is 1.